The molecule has 3 aromatic rings. The smallest absolute Gasteiger partial charge is 0.192 e. The predicted molar refractivity (Wildman–Crippen MR) is 117 cm³/mol. The van der Waals surface area contributed by atoms with Gasteiger partial charge in [-0.2, -0.15) is 0 Å². The Bertz CT molecular complexity index is 1100. The lowest BCUT2D eigenvalue weighted by Crippen LogP contribution is -2.24. The first-order chi connectivity index (χ1) is 15.1. The fourth-order valence-electron chi connectivity index (χ4n) is 3.91. The number of rotatable bonds is 6. The van der Waals surface area contributed by atoms with Crippen molar-refractivity contribution in [3.63, 3.8) is 0 Å². The number of thioether (sulfide) groups is 1. The van der Waals surface area contributed by atoms with Crippen LogP contribution in [0.1, 0.15) is 36.9 Å². The molecule has 8 heteroatoms. The molecule has 7 nitrogen and oxygen atoms in total. The van der Waals surface area contributed by atoms with Gasteiger partial charge in [-0.1, -0.05) is 23.9 Å². The van der Waals surface area contributed by atoms with Crippen molar-refractivity contribution in [2.24, 2.45) is 7.05 Å². The maximum Gasteiger partial charge on any atom is 0.192 e. The fraction of sp³-hybridized carbons (Fsp3) is 0.391. The molecular weight excluding hydrogens is 414 g/mol. The van der Waals surface area contributed by atoms with E-state index in [0.717, 1.165) is 46.0 Å². The first-order valence-electron chi connectivity index (χ1n) is 10.5. The summed E-state index contributed by atoms with van der Waals surface area (Å²) < 4.78 is 25.7. The molecule has 5 rings (SSSR count). The molecule has 1 aromatic heterocycles. The van der Waals surface area contributed by atoms with Crippen molar-refractivity contribution in [3.05, 3.63) is 53.3 Å². The van der Waals surface area contributed by atoms with E-state index in [-0.39, 0.29) is 12.2 Å². The van der Waals surface area contributed by atoms with Gasteiger partial charge < -0.3 is 23.5 Å². The van der Waals surface area contributed by atoms with E-state index in [1.165, 1.54) is 5.56 Å². The molecule has 0 N–H and O–H groups in total. The van der Waals surface area contributed by atoms with Crippen molar-refractivity contribution in [1.29, 1.82) is 0 Å². The summed E-state index contributed by atoms with van der Waals surface area (Å²) in [6, 6.07) is 11.9. The molecule has 0 amide bonds. The Hall–Kier alpha value is -2.87. The molecule has 3 heterocycles. The van der Waals surface area contributed by atoms with Crippen LogP contribution < -0.4 is 18.9 Å². The quantitative estimate of drug-likeness (QED) is 0.529. The van der Waals surface area contributed by atoms with Gasteiger partial charge in [0.15, 0.2) is 28.6 Å². The summed E-state index contributed by atoms with van der Waals surface area (Å²) in [5.41, 5.74) is 2.30. The van der Waals surface area contributed by atoms with Gasteiger partial charge >= 0.3 is 0 Å². The van der Waals surface area contributed by atoms with Gasteiger partial charge in [-0.3, -0.25) is 0 Å². The summed E-state index contributed by atoms with van der Waals surface area (Å²) in [4.78, 5) is 0. The normalized spacial score (nSPS) is 19.1. The van der Waals surface area contributed by atoms with Crippen LogP contribution in [0.4, 0.5) is 0 Å². The molecule has 2 aliphatic heterocycles. The summed E-state index contributed by atoms with van der Waals surface area (Å²) in [5, 5.41) is 9.59. The summed E-state index contributed by atoms with van der Waals surface area (Å²) in [6.45, 7) is 5.12. The highest BCUT2D eigenvalue weighted by molar-refractivity contribution is 7.98. The van der Waals surface area contributed by atoms with Crippen LogP contribution in [0.25, 0.3) is 0 Å². The lowest BCUT2D eigenvalue weighted by atomic mass is 10.1. The SMILES string of the molecule is CCOc1cc2c(cc1CSc1nnc(C3COc4ccccc4O3)n1C)OC(C)C2. The van der Waals surface area contributed by atoms with Gasteiger partial charge in [0.25, 0.3) is 0 Å². The molecule has 2 unspecified atom stereocenters. The second kappa shape index (κ2) is 8.34. The maximum atomic E-state index is 6.09. The molecule has 0 bridgehead atoms. The summed E-state index contributed by atoms with van der Waals surface area (Å²) in [6.07, 6.45) is 0.828. The Balaban J connectivity index is 1.32. The van der Waals surface area contributed by atoms with Gasteiger partial charge in [-0.25, -0.2) is 0 Å². The van der Waals surface area contributed by atoms with Crippen LogP contribution in [-0.4, -0.2) is 34.1 Å². The number of aromatic nitrogens is 3. The Morgan fingerprint density at radius 1 is 1.13 bits per heavy atom. The van der Waals surface area contributed by atoms with E-state index in [0.29, 0.717) is 19.0 Å². The number of ether oxygens (including phenoxy) is 4. The van der Waals surface area contributed by atoms with Crippen LogP contribution in [0.15, 0.2) is 41.6 Å². The fourth-order valence-corrected chi connectivity index (χ4v) is 4.80. The zero-order valence-corrected chi connectivity index (χ0v) is 18.6. The van der Waals surface area contributed by atoms with Crippen LogP contribution in [-0.2, 0) is 19.2 Å². The van der Waals surface area contributed by atoms with E-state index in [2.05, 4.69) is 29.3 Å². The number of para-hydroxylation sites is 2. The molecule has 0 radical (unpaired) electrons. The van der Waals surface area contributed by atoms with Crippen LogP contribution >= 0.6 is 11.8 Å². The number of benzene rings is 2. The Morgan fingerprint density at radius 2 is 1.97 bits per heavy atom. The van der Waals surface area contributed by atoms with Gasteiger partial charge in [-0.05, 0) is 38.1 Å². The molecular formula is C23H25N3O4S. The van der Waals surface area contributed by atoms with Gasteiger partial charge in [0.2, 0.25) is 0 Å². The lowest BCUT2D eigenvalue weighted by Gasteiger charge is -2.25. The van der Waals surface area contributed by atoms with Crippen molar-refractivity contribution >= 4 is 11.8 Å². The number of hydrogen-bond acceptors (Lipinski definition) is 7. The van der Waals surface area contributed by atoms with E-state index in [1.807, 2.05) is 42.8 Å². The lowest BCUT2D eigenvalue weighted by molar-refractivity contribution is 0.0825. The van der Waals surface area contributed by atoms with Gasteiger partial charge in [0.1, 0.15) is 24.2 Å². The second-order valence-corrected chi connectivity index (χ2v) is 8.63. The van der Waals surface area contributed by atoms with Crippen molar-refractivity contribution in [1.82, 2.24) is 14.8 Å². The molecule has 31 heavy (non-hydrogen) atoms. The highest BCUT2D eigenvalue weighted by Crippen LogP contribution is 2.39. The number of hydrogen-bond donors (Lipinski definition) is 0. The topological polar surface area (TPSA) is 67.6 Å². The van der Waals surface area contributed by atoms with Crippen molar-refractivity contribution in [2.75, 3.05) is 13.2 Å². The predicted octanol–water partition coefficient (Wildman–Crippen LogP) is 4.34. The van der Waals surface area contributed by atoms with Gasteiger partial charge in [-0.15, -0.1) is 10.2 Å². The van der Waals surface area contributed by atoms with Crippen LogP contribution in [0.3, 0.4) is 0 Å². The minimum Gasteiger partial charge on any atom is -0.494 e. The summed E-state index contributed by atoms with van der Waals surface area (Å²) in [5.74, 6) is 4.80. The monoisotopic (exact) mass is 439 g/mol. The molecule has 0 fully saturated rings. The zero-order valence-electron chi connectivity index (χ0n) is 17.8. The number of fused-ring (bicyclic) bond motifs is 2. The molecule has 0 saturated heterocycles. The van der Waals surface area contributed by atoms with Crippen molar-refractivity contribution in [3.8, 4) is 23.0 Å². The van der Waals surface area contributed by atoms with E-state index < -0.39 is 0 Å². The van der Waals surface area contributed by atoms with E-state index in [9.17, 15) is 0 Å². The highest BCUT2D eigenvalue weighted by Gasteiger charge is 2.28. The summed E-state index contributed by atoms with van der Waals surface area (Å²) >= 11 is 1.61. The first-order valence-corrected chi connectivity index (χ1v) is 11.5. The average molecular weight is 440 g/mol. The minimum atomic E-state index is -0.296. The highest BCUT2D eigenvalue weighted by atomic mass is 32.2. The maximum absolute atomic E-state index is 6.09. The second-order valence-electron chi connectivity index (χ2n) is 7.69. The van der Waals surface area contributed by atoms with E-state index in [4.69, 9.17) is 18.9 Å². The number of nitrogens with zero attached hydrogens (tertiary/aromatic N) is 3. The largest absolute Gasteiger partial charge is 0.494 e. The summed E-state index contributed by atoms with van der Waals surface area (Å²) in [7, 11) is 1.96. The van der Waals surface area contributed by atoms with Gasteiger partial charge in [0, 0.05) is 30.3 Å². The molecule has 2 aromatic carbocycles. The third-order valence-corrected chi connectivity index (χ3v) is 6.47. The Labute approximate surface area is 185 Å². The van der Waals surface area contributed by atoms with E-state index >= 15 is 0 Å². The Morgan fingerprint density at radius 3 is 2.81 bits per heavy atom. The van der Waals surface area contributed by atoms with E-state index in [1.54, 1.807) is 11.8 Å². The molecule has 2 aliphatic rings. The molecule has 2 atom stereocenters. The molecule has 0 spiro atoms. The Kier molecular flexibility index (Phi) is 5.40. The standard InChI is InChI=1S/C23H25N3O4S/c1-4-27-19-10-15-9-14(2)29-20(15)11-16(19)13-31-23-25-24-22(26(23)3)21-12-28-17-7-5-6-8-18(17)30-21/h5-8,10-11,14,21H,4,9,12-13H2,1-3H3. The first kappa shape index (κ1) is 20.1. The van der Waals surface area contributed by atoms with Crippen molar-refractivity contribution < 1.29 is 18.9 Å². The molecule has 0 aliphatic carbocycles. The van der Waals surface area contributed by atoms with Crippen LogP contribution in [0.5, 0.6) is 23.0 Å². The molecule has 0 saturated carbocycles. The van der Waals surface area contributed by atoms with Crippen LogP contribution in [0, 0.1) is 0 Å². The van der Waals surface area contributed by atoms with Gasteiger partial charge in [0.05, 0.1) is 6.61 Å². The third kappa shape index (κ3) is 3.92. The average Bonchev–Trinajstić information content (AvgIpc) is 3.32. The van der Waals surface area contributed by atoms with Crippen molar-refractivity contribution in [2.45, 2.75) is 43.4 Å². The zero-order chi connectivity index (χ0) is 21.4. The molecule has 162 valence electrons. The minimum absolute atomic E-state index is 0.205. The third-order valence-electron chi connectivity index (χ3n) is 5.40. The van der Waals surface area contributed by atoms with Crippen LogP contribution in [0.2, 0.25) is 0 Å².